The van der Waals surface area contributed by atoms with Gasteiger partial charge >= 0.3 is 12.1 Å². The van der Waals surface area contributed by atoms with Crippen molar-refractivity contribution in [2.24, 2.45) is 0 Å². The first kappa shape index (κ1) is 21.0. The van der Waals surface area contributed by atoms with Crippen LogP contribution < -0.4 is 5.32 Å². The van der Waals surface area contributed by atoms with E-state index in [1.165, 1.54) is 42.6 Å². The highest BCUT2D eigenvalue weighted by Crippen LogP contribution is 2.31. The first-order valence-corrected chi connectivity index (χ1v) is 8.59. The van der Waals surface area contributed by atoms with Gasteiger partial charge in [-0.3, -0.25) is 4.79 Å². The van der Waals surface area contributed by atoms with Gasteiger partial charge in [0.25, 0.3) is 0 Å². The molecule has 0 saturated heterocycles. The number of ether oxygens (including phenoxy) is 1. The number of Topliss-reactive ketones (excluding diaryl/α,β-unsaturated/α-hetero) is 1. The number of hydrogen-bond donors (Lipinski definition) is 1. The van der Waals surface area contributed by atoms with Crippen LogP contribution in [0.4, 0.5) is 29.1 Å². The van der Waals surface area contributed by atoms with Gasteiger partial charge in [-0.2, -0.15) is 13.2 Å². The molecule has 0 amide bonds. The summed E-state index contributed by atoms with van der Waals surface area (Å²) in [6, 6.07) is 11.9. The molecule has 1 N–H and O–H groups in total. The average Bonchev–Trinajstić information content (AvgIpc) is 2.72. The molecule has 5 nitrogen and oxygen atoms in total. The normalized spacial score (nSPS) is 11.1. The number of hydrogen-bond acceptors (Lipinski definition) is 5. The molecule has 2 aromatic carbocycles. The number of halogens is 4. The van der Waals surface area contributed by atoms with Crippen LogP contribution in [0.2, 0.25) is 0 Å². The van der Waals surface area contributed by atoms with E-state index in [0.29, 0.717) is 0 Å². The van der Waals surface area contributed by atoms with Crippen molar-refractivity contribution < 1.29 is 31.9 Å². The third-order valence-electron chi connectivity index (χ3n) is 3.98. The molecule has 0 bridgehead atoms. The molecule has 0 aliphatic heterocycles. The zero-order valence-electron chi connectivity index (χ0n) is 15.2. The minimum atomic E-state index is -4.52. The Morgan fingerprint density at radius 1 is 1.00 bits per heavy atom. The van der Waals surface area contributed by atoms with Crippen LogP contribution in [0.1, 0.15) is 26.3 Å². The Labute approximate surface area is 168 Å². The number of carbonyl (C=O) groups is 2. The maximum absolute atomic E-state index is 12.9. The minimum absolute atomic E-state index is 0.0314. The molecule has 0 saturated carbocycles. The molecule has 3 aromatic rings. The van der Waals surface area contributed by atoms with Gasteiger partial charge in [0.2, 0.25) is 0 Å². The third-order valence-corrected chi connectivity index (χ3v) is 3.98. The van der Waals surface area contributed by atoms with E-state index in [1.54, 1.807) is 0 Å². The zero-order valence-corrected chi connectivity index (χ0v) is 15.2. The van der Waals surface area contributed by atoms with Gasteiger partial charge in [-0.1, -0.05) is 6.07 Å². The van der Waals surface area contributed by atoms with Gasteiger partial charge < -0.3 is 10.1 Å². The second-order valence-electron chi connectivity index (χ2n) is 6.11. The number of nitrogens with one attached hydrogen (secondary N) is 1. The Morgan fingerprint density at radius 3 is 2.43 bits per heavy atom. The van der Waals surface area contributed by atoms with Crippen molar-refractivity contribution in [3.8, 4) is 0 Å². The Kier molecular flexibility index (Phi) is 6.10. The highest BCUT2D eigenvalue weighted by Gasteiger charge is 2.30. The maximum atomic E-state index is 12.9. The summed E-state index contributed by atoms with van der Waals surface area (Å²) in [7, 11) is 0. The fraction of sp³-hybridized carbons (Fsp3) is 0.0952. The summed E-state index contributed by atoms with van der Waals surface area (Å²) in [5, 5.41) is 2.65. The number of aromatic nitrogens is 1. The van der Waals surface area contributed by atoms with Gasteiger partial charge in [0.05, 0.1) is 5.56 Å². The molecule has 3 rings (SSSR count). The molecule has 0 fully saturated rings. The average molecular weight is 418 g/mol. The van der Waals surface area contributed by atoms with Crippen LogP contribution in [0.5, 0.6) is 0 Å². The van der Waals surface area contributed by atoms with E-state index in [4.69, 9.17) is 4.74 Å². The van der Waals surface area contributed by atoms with E-state index >= 15 is 0 Å². The van der Waals surface area contributed by atoms with Crippen LogP contribution in [-0.4, -0.2) is 23.3 Å². The summed E-state index contributed by atoms with van der Waals surface area (Å²) in [6.07, 6.45) is -3.18. The van der Waals surface area contributed by atoms with Crippen LogP contribution >= 0.6 is 0 Å². The summed E-state index contributed by atoms with van der Waals surface area (Å²) in [5.41, 5.74) is -0.697. The molecular weight excluding hydrogens is 404 g/mol. The van der Waals surface area contributed by atoms with Crippen molar-refractivity contribution in [3.63, 3.8) is 0 Å². The number of esters is 1. The van der Waals surface area contributed by atoms with Gasteiger partial charge in [-0.15, -0.1) is 0 Å². The summed E-state index contributed by atoms with van der Waals surface area (Å²) in [5.74, 6) is -1.98. The third kappa shape index (κ3) is 5.19. The van der Waals surface area contributed by atoms with Crippen LogP contribution in [0.3, 0.4) is 0 Å². The summed E-state index contributed by atoms with van der Waals surface area (Å²) in [6.45, 7) is -0.595. The fourth-order valence-electron chi connectivity index (χ4n) is 2.51. The predicted molar refractivity (Wildman–Crippen MR) is 100.0 cm³/mol. The quantitative estimate of drug-likeness (QED) is 0.346. The van der Waals surface area contributed by atoms with Gasteiger partial charge in [-0.05, 0) is 54.6 Å². The molecule has 30 heavy (non-hydrogen) atoms. The van der Waals surface area contributed by atoms with E-state index in [0.717, 1.165) is 24.3 Å². The van der Waals surface area contributed by atoms with Crippen molar-refractivity contribution in [1.29, 1.82) is 0 Å². The predicted octanol–water partition coefficient (Wildman–Crippen LogP) is 5.02. The minimum Gasteiger partial charge on any atom is -0.454 e. The molecule has 1 heterocycles. The molecule has 1 aromatic heterocycles. The molecule has 9 heteroatoms. The second-order valence-corrected chi connectivity index (χ2v) is 6.11. The monoisotopic (exact) mass is 418 g/mol. The molecule has 0 radical (unpaired) electrons. The Morgan fingerprint density at radius 2 is 1.73 bits per heavy atom. The Bertz CT molecular complexity index is 1070. The first-order chi connectivity index (χ1) is 14.2. The Balaban J connectivity index is 1.72. The molecular formula is C21H14F4N2O3. The number of alkyl halides is 3. The standard InChI is InChI=1S/C21H14F4N2O3/c22-15-8-6-13(7-9-15)18(28)12-30-20(29)17-5-2-10-26-19(17)27-16-4-1-3-14(11-16)21(23,24)25/h1-11H,12H2,(H,26,27). The van der Waals surface area contributed by atoms with Crippen molar-refractivity contribution in [2.75, 3.05) is 11.9 Å². The number of anilines is 2. The number of rotatable bonds is 6. The van der Waals surface area contributed by atoms with E-state index in [9.17, 15) is 27.2 Å². The molecule has 0 aliphatic carbocycles. The van der Waals surface area contributed by atoms with Crippen LogP contribution in [0.15, 0.2) is 66.9 Å². The number of nitrogens with zero attached hydrogens (tertiary/aromatic N) is 1. The largest absolute Gasteiger partial charge is 0.454 e. The van der Waals surface area contributed by atoms with E-state index in [2.05, 4.69) is 10.3 Å². The van der Waals surface area contributed by atoms with Crippen molar-refractivity contribution >= 4 is 23.3 Å². The molecule has 0 unspecified atom stereocenters. The van der Waals surface area contributed by atoms with Crippen molar-refractivity contribution in [1.82, 2.24) is 4.98 Å². The Hall–Kier alpha value is -3.75. The van der Waals surface area contributed by atoms with E-state index in [-0.39, 0.29) is 22.6 Å². The summed E-state index contributed by atoms with van der Waals surface area (Å²) in [4.78, 5) is 28.4. The van der Waals surface area contributed by atoms with Crippen molar-refractivity contribution in [3.05, 3.63) is 89.4 Å². The van der Waals surface area contributed by atoms with Crippen LogP contribution in [0.25, 0.3) is 0 Å². The van der Waals surface area contributed by atoms with Crippen LogP contribution in [0, 0.1) is 5.82 Å². The summed E-state index contributed by atoms with van der Waals surface area (Å²) >= 11 is 0. The van der Waals surface area contributed by atoms with Gasteiger partial charge in [0.15, 0.2) is 12.4 Å². The zero-order chi connectivity index (χ0) is 21.7. The first-order valence-electron chi connectivity index (χ1n) is 8.59. The lowest BCUT2D eigenvalue weighted by molar-refractivity contribution is -0.137. The van der Waals surface area contributed by atoms with Crippen molar-refractivity contribution in [2.45, 2.75) is 6.18 Å². The number of pyridine rings is 1. The maximum Gasteiger partial charge on any atom is 0.416 e. The number of ketones is 1. The van der Waals surface area contributed by atoms with Gasteiger partial charge in [0, 0.05) is 17.4 Å². The highest BCUT2D eigenvalue weighted by molar-refractivity contribution is 6.00. The topological polar surface area (TPSA) is 68.3 Å². The summed E-state index contributed by atoms with van der Waals surface area (Å²) < 4.78 is 56.6. The SMILES string of the molecule is O=C(COC(=O)c1cccnc1Nc1cccc(C(F)(F)F)c1)c1ccc(F)cc1. The molecule has 0 aliphatic rings. The lowest BCUT2D eigenvalue weighted by Gasteiger charge is -2.12. The fourth-order valence-corrected chi connectivity index (χ4v) is 2.51. The number of carbonyl (C=O) groups excluding carboxylic acids is 2. The second kappa shape index (κ2) is 8.73. The van der Waals surface area contributed by atoms with Crippen LogP contribution in [-0.2, 0) is 10.9 Å². The van der Waals surface area contributed by atoms with Gasteiger partial charge in [-0.25, -0.2) is 14.2 Å². The molecule has 154 valence electrons. The smallest absolute Gasteiger partial charge is 0.416 e. The highest BCUT2D eigenvalue weighted by atomic mass is 19.4. The van der Waals surface area contributed by atoms with E-state index < -0.39 is 35.9 Å². The lowest BCUT2D eigenvalue weighted by atomic mass is 10.1. The lowest BCUT2D eigenvalue weighted by Crippen LogP contribution is -2.16. The molecule has 0 spiro atoms. The van der Waals surface area contributed by atoms with E-state index in [1.807, 2.05) is 0 Å². The van der Waals surface area contributed by atoms with Gasteiger partial charge in [0.1, 0.15) is 17.2 Å². The number of benzene rings is 2. The molecule has 0 atom stereocenters.